The van der Waals surface area contributed by atoms with E-state index in [1.54, 1.807) is 24.1 Å². The van der Waals surface area contributed by atoms with E-state index < -0.39 is 0 Å². The minimum Gasteiger partial charge on any atom is -0.466 e. The summed E-state index contributed by atoms with van der Waals surface area (Å²) in [5.74, 6) is -0.562. The standard InChI is InChI=1S/C13H17ClN2O3/c1-2-19-13(18)9-4-3-5-16(8-9)12(17)11-6-10(14)7-15-11/h6-7,9,15H,2-5,8H2,1H3. The number of hydrogen-bond acceptors (Lipinski definition) is 3. The second-order valence-corrected chi connectivity index (χ2v) is 5.01. The van der Waals surface area contributed by atoms with Crippen LogP contribution >= 0.6 is 11.6 Å². The van der Waals surface area contributed by atoms with Crippen LogP contribution in [0.15, 0.2) is 12.3 Å². The Kier molecular flexibility index (Phi) is 4.47. The van der Waals surface area contributed by atoms with Crippen LogP contribution in [-0.4, -0.2) is 41.5 Å². The number of hydrogen-bond donors (Lipinski definition) is 1. The van der Waals surface area contributed by atoms with Gasteiger partial charge in [-0.25, -0.2) is 0 Å². The van der Waals surface area contributed by atoms with E-state index in [-0.39, 0.29) is 17.8 Å². The molecule has 0 saturated carbocycles. The fraction of sp³-hybridized carbons (Fsp3) is 0.538. The molecule has 0 aliphatic carbocycles. The van der Waals surface area contributed by atoms with Gasteiger partial charge in [0, 0.05) is 19.3 Å². The fourth-order valence-corrected chi connectivity index (χ4v) is 2.44. The Hall–Kier alpha value is -1.49. The fourth-order valence-electron chi connectivity index (χ4n) is 2.28. The average molecular weight is 285 g/mol. The van der Waals surface area contributed by atoms with Crippen LogP contribution in [-0.2, 0) is 9.53 Å². The average Bonchev–Trinajstić information content (AvgIpc) is 2.85. The summed E-state index contributed by atoms with van der Waals surface area (Å²) in [6, 6.07) is 1.60. The van der Waals surface area contributed by atoms with Gasteiger partial charge in [-0.05, 0) is 25.8 Å². The van der Waals surface area contributed by atoms with Crippen LogP contribution in [0.2, 0.25) is 5.02 Å². The summed E-state index contributed by atoms with van der Waals surface area (Å²) in [4.78, 5) is 28.4. The lowest BCUT2D eigenvalue weighted by Gasteiger charge is -2.31. The molecule has 19 heavy (non-hydrogen) atoms. The number of piperidine rings is 1. The Bertz CT molecular complexity index is 472. The molecule has 1 N–H and O–H groups in total. The van der Waals surface area contributed by atoms with Gasteiger partial charge in [-0.2, -0.15) is 0 Å². The number of halogens is 1. The zero-order valence-electron chi connectivity index (χ0n) is 10.8. The van der Waals surface area contributed by atoms with Gasteiger partial charge in [-0.15, -0.1) is 0 Å². The van der Waals surface area contributed by atoms with E-state index in [4.69, 9.17) is 16.3 Å². The number of esters is 1. The normalized spacial score (nSPS) is 19.3. The van der Waals surface area contributed by atoms with E-state index in [0.29, 0.717) is 30.4 Å². The highest BCUT2D eigenvalue weighted by Crippen LogP contribution is 2.20. The van der Waals surface area contributed by atoms with E-state index in [2.05, 4.69) is 4.98 Å². The smallest absolute Gasteiger partial charge is 0.310 e. The second-order valence-electron chi connectivity index (χ2n) is 4.57. The van der Waals surface area contributed by atoms with Crippen molar-refractivity contribution in [3.8, 4) is 0 Å². The number of amides is 1. The second kappa shape index (κ2) is 6.10. The summed E-state index contributed by atoms with van der Waals surface area (Å²) in [7, 11) is 0. The molecule has 1 saturated heterocycles. The lowest BCUT2D eigenvalue weighted by molar-refractivity contribution is -0.149. The van der Waals surface area contributed by atoms with Crippen molar-refractivity contribution in [2.45, 2.75) is 19.8 Å². The van der Waals surface area contributed by atoms with Gasteiger partial charge in [0.05, 0.1) is 17.5 Å². The van der Waals surface area contributed by atoms with Gasteiger partial charge >= 0.3 is 5.97 Å². The van der Waals surface area contributed by atoms with Crippen LogP contribution in [0, 0.1) is 5.92 Å². The molecule has 1 unspecified atom stereocenters. The van der Waals surface area contributed by atoms with Crippen molar-refractivity contribution < 1.29 is 14.3 Å². The number of carbonyl (C=O) groups excluding carboxylic acids is 2. The highest BCUT2D eigenvalue weighted by atomic mass is 35.5. The van der Waals surface area contributed by atoms with Crippen LogP contribution in [0.5, 0.6) is 0 Å². The van der Waals surface area contributed by atoms with Gasteiger partial charge < -0.3 is 14.6 Å². The van der Waals surface area contributed by atoms with Gasteiger partial charge in [0.2, 0.25) is 0 Å². The van der Waals surface area contributed by atoms with Crippen molar-refractivity contribution in [3.05, 3.63) is 23.0 Å². The Balaban J connectivity index is 2.01. The summed E-state index contributed by atoms with van der Waals surface area (Å²) in [5, 5.41) is 0.502. The number of aromatic nitrogens is 1. The zero-order valence-corrected chi connectivity index (χ0v) is 11.6. The van der Waals surface area contributed by atoms with E-state index in [9.17, 15) is 9.59 Å². The number of nitrogens with one attached hydrogen (secondary N) is 1. The van der Waals surface area contributed by atoms with Gasteiger partial charge in [0.15, 0.2) is 0 Å². The van der Waals surface area contributed by atoms with E-state index in [0.717, 1.165) is 12.8 Å². The monoisotopic (exact) mass is 284 g/mol. The van der Waals surface area contributed by atoms with Crippen molar-refractivity contribution in [1.82, 2.24) is 9.88 Å². The number of rotatable bonds is 3. The highest BCUT2D eigenvalue weighted by molar-refractivity contribution is 6.30. The first kappa shape index (κ1) is 13.9. The van der Waals surface area contributed by atoms with Crippen LogP contribution in [0.3, 0.4) is 0 Å². The first-order chi connectivity index (χ1) is 9.11. The highest BCUT2D eigenvalue weighted by Gasteiger charge is 2.30. The Morgan fingerprint density at radius 1 is 1.58 bits per heavy atom. The third-order valence-corrected chi connectivity index (χ3v) is 3.42. The van der Waals surface area contributed by atoms with E-state index >= 15 is 0 Å². The molecule has 1 aliphatic rings. The first-order valence-electron chi connectivity index (χ1n) is 6.41. The van der Waals surface area contributed by atoms with Crippen LogP contribution < -0.4 is 0 Å². The molecule has 5 nitrogen and oxygen atoms in total. The molecular weight excluding hydrogens is 268 g/mol. The first-order valence-corrected chi connectivity index (χ1v) is 6.79. The minimum absolute atomic E-state index is 0.124. The minimum atomic E-state index is -0.219. The Morgan fingerprint density at radius 2 is 2.37 bits per heavy atom. The van der Waals surface area contributed by atoms with Crippen LogP contribution in [0.4, 0.5) is 0 Å². The largest absolute Gasteiger partial charge is 0.466 e. The van der Waals surface area contributed by atoms with E-state index in [1.807, 2.05) is 0 Å². The molecule has 0 aromatic carbocycles. The van der Waals surface area contributed by atoms with E-state index in [1.165, 1.54) is 0 Å². The lowest BCUT2D eigenvalue weighted by Crippen LogP contribution is -2.42. The molecule has 0 spiro atoms. The molecule has 1 atom stereocenters. The number of H-pyrrole nitrogens is 1. The summed E-state index contributed by atoms with van der Waals surface area (Å²) in [6.07, 6.45) is 3.15. The summed E-state index contributed by atoms with van der Waals surface area (Å²) in [5.41, 5.74) is 0.453. The third kappa shape index (κ3) is 3.29. The van der Waals surface area contributed by atoms with Crippen molar-refractivity contribution in [2.24, 2.45) is 5.92 Å². The summed E-state index contributed by atoms with van der Waals surface area (Å²) < 4.78 is 5.01. The SMILES string of the molecule is CCOC(=O)C1CCCN(C(=O)c2cc(Cl)c[nH]2)C1. The van der Waals surface area contributed by atoms with Crippen molar-refractivity contribution in [2.75, 3.05) is 19.7 Å². The number of ether oxygens (including phenoxy) is 1. The molecule has 104 valence electrons. The molecule has 2 heterocycles. The van der Waals surface area contributed by atoms with Crippen molar-refractivity contribution in [3.63, 3.8) is 0 Å². The van der Waals surface area contributed by atoms with Crippen molar-refractivity contribution >= 4 is 23.5 Å². The summed E-state index contributed by atoms with van der Waals surface area (Å²) >= 11 is 5.79. The topological polar surface area (TPSA) is 62.4 Å². The number of nitrogens with zero attached hydrogens (tertiary/aromatic N) is 1. The number of carbonyl (C=O) groups is 2. The van der Waals surface area contributed by atoms with Crippen LogP contribution in [0.1, 0.15) is 30.3 Å². The van der Waals surface area contributed by atoms with Crippen LogP contribution in [0.25, 0.3) is 0 Å². The maximum absolute atomic E-state index is 12.2. The molecule has 1 amide bonds. The molecule has 0 bridgehead atoms. The maximum Gasteiger partial charge on any atom is 0.310 e. The molecule has 6 heteroatoms. The van der Waals surface area contributed by atoms with Gasteiger partial charge in [-0.3, -0.25) is 9.59 Å². The molecule has 1 aliphatic heterocycles. The van der Waals surface area contributed by atoms with Gasteiger partial charge in [0.1, 0.15) is 5.69 Å². The van der Waals surface area contributed by atoms with Gasteiger partial charge in [-0.1, -0.05) is 11.6 Å². The Morgan fingerprint density at radius 3 is 3.00 bits per heavy atom. The molecule has 1 fully saturated rings. The predicted molar refractivity (Wildman–Crippen MR) is 71.1 cm³/mol. The predicted octanol–water partition coefficient (Wildman–Crippen LogP) is 2.08. The third-order valence-electron chi connectivity index (χ3n) is 3.21. The lowest BCUT2D eigenvalue weighted by atomic mass is 9.98. The quantitative estimate of drug-likeness (QED) is 0.865. The molecule has 0 radical (unpaired) electrons. The molecule has 1 aromatic rings. The molecule has 2 rings (SSSR count). The molecular formula is C13H17ClN2O3. The van der Waals surface area contributed by atoms with Gasteiger partial charge in [0.25, 0.3) is 5.91 Å². The molecule has 1 aromatic heterocycles. The maximum atomic E-state index is 12.2. The Labute approximate surface area is 116 Å². The van der Waals surface area contributed by atoms with Crippen molar-refractivity contribution in [1.29, 1.82) is 0 Å². The zero-order chi connectivity index (χ0) is 13.8. The summed E-state index contributed by atoms with van der Waals surface area (Å²) in [6.45, 7) is 3.22. The number of aromatic amines is 1. The number of likely N-dealkylation sites (tertiary alicyclic amines) is 1.